The van der Waals surface area contributed by atoms with Gasteiger partial charge in [0.05, 0.1) is 13.2 Å². The molecule has 0 aliphatic heterocycles. The summed E-state index contributed by atoms with van der Waals surface area (Å²) in [6.45, 7) is 19.6. The number of nitrogens with zero attached hydrogens (tertiary/aromatic N) is 1. The van der Waals surface area contributed by atoms with Crippen LogP contribution < -0.4 is 0 Å². The van der Waals surface area contributed by atoms with Crippen LogP contribution in [-0.4, -0.2) is 12.6 Å². The van der Waals surface area contributed by atoms with Crippen LogP contribution in [0.5, 0.6) is 0 Å². The highest BCUT2D eigenvalue weighted by molar-refractivity contribution is 7.28. The molecule has 4 aromatic rings. The molecule has 0 aliphatic rings. The fourth-order valence-corrected chi connectivity index (χ4v) is 12.9. The summed E-state index contributed by atoms with van der Waals surface area (Å²) >= 11 is 7.66. The highest BCUT2D eigenvalue weighted by Crippen LogP contribution is 2.48. The van der Waals surface area contributed by atoms with E-state index in [4.69, 9.17) is 11.3 Å². The third kappa shape index (κ3) is 17.3. The zero-order valence-corrected chi connectivity index (χ0v) is 41.4. The van der Waals surface area contributed by atoms with Crippen molar-refractivity contribution in [3.8, 4) is 29.3 Å². The van der Waals surface area contributed by atoms with Crippen molar-refractivity contribution in [3.63, 3.8) is 0 Å². The summed E-state index contributed by atoms with van der Waals surface area (Å²) in [5.74, 6) is -0.491. The molecule has 330 valence electrons. The van der Waals surface area contributed by atoms with Crippen LogP contribution in [-0.2, 0) is 28.8 Å². The molecule has 0 saturated carbocycles. The van der Waals surface area contributed by atoms with Gasteiger partial charge in [0, 0.05) is 39.0 Å². The Hall–Kier alpha value is -2.50. The van der Waals surface area contributed by atoms with Gasteiger partial charge in [-0.2, -0.15) is 0 Å². The molecule has 0 atom stereocenters. The summed E-state index contributed by atoms with van der Waals surface area (Å²) in [6, 6.07) is 12.0. The molecule has 7 heteroatoms. The van der Waals surface area contributed by atoms with E-state index in [0.717, 1.165) is 37.0 Å². The van der Waals surface area contributed by atoms with Gasteiger partial charge in [-0.15, -0.1) is 45.3 Å². The largest absolute Gasteiger partial charge is 0.471 e. The zero-order valence-electron chi connectivity index (χ0n) is 38.2. The molecular formula is C53H77NO2S4. The number of hydrogen-bond acceptors (Lipinski definition) is 6. The number of unbranched alkanes of at least 4 members (excludes halogenated alkanes) is 20. The third-order valence-electron chi connectivity index (χ3n) is 11.6. The number of carbonyl (C=O) groups is 1. The van der Waals surface area contributed by atoms with Crippen molar-refractivity contribution in [2.45, 2.75) is 208 Å². The Morgan fingerprint density at radius 2 is 0.967 bits per heavy atom. The lowest BCUT2D eigenvalue weighted by molar-refractivity contribution is -0.138. The van der Waals surface area contributed by atoms with Gasteiger partial charge in [0.1, 0.15) is 0 Å². The lowest BCUT2D eigenvalue weighted by atomic mass is 10.0. The van der Waals surface area contributed by atoms with Crippen molar-refractivity contribution in [1.29, 1.82) is 0 Å². The molecule has 0 N–H and O–H groups in total. The van der Waals surface area contributed by atoms with Gasteiger partial charge < -0.3 is 4.74 Å². The number of hydrogen-bond donors (Lipinski definition) is 0. The Bertz CT molecular complexity index is 1860. The first kappa shape index (κ1) is 50.1. The van der Waals surface area contributed by atoms with Crippen LogP contribution >= 0.6 is 45.3 Å². The highest BCUT2D eigenvalue weighted by atomic mass is 32.1. The zero-order chi connectivity index (χ0) is 42.8. The summed E-state index contributed by atoms with van der Waals surface area (Å²) in [6.07, 6.45) is 35.2. The number of rotatable bonds is 33. The second-order valence-electron chi connectivity index (χ2n) is 16.9. The molecule has 0 amide bonds. The topological polar surface area (TPSA) is 30.7 Å². The van der Waals surface area contributed by atoms with E-state index >= 15 is 0 Å². The molecule has 0 bridgehead atoms. The average Bonchev–Trinajstić information content (AvgIpc) is 4.06. The number of ether oxygens (including phenoxy) is 1. The molecular weight excluding hydrogens is 811 g/mol. The molecule has 0 saturated heterocycles. The van der Waals surface area contributed by atoms with E-state index in [0.29, 0.717) is 6.61 Å². The summed E-state index contributed by atoms with van der Waals surface area (Å²) in [5.41, 5.74) is 4.45. The van der Waals surface area contributed by atoms with Crippen molar-refractivity contribution >= 4 is 57.4 Å². The molecule has 0 fully saturated rings. The summed E-state index contributed by atoms with van der Waals surface area (Å²) in [7, 11) is 0. The second-order valence-corrected chi connectivity index (χ2v) is 21.4. The predicted molar refractivity (Wildman–Crippen MR) is 269 cm³/mol. The molecule has 0 unspecified atom stereocenters. The number of thiophene rings is 4. The predicted octanol–water partition coefficient (Wildman–Crippen LogP) is 19.1. The molecule has 0 aliphatic carbocycles. The maximum Gasteiger partial charge on any atom is 0.336 e. The summed E-state index contributed by atoms with van der Waals surface area (Å²) in [5, 5.41) is 0. The van der Waals surface area contributed by atoms with Crippen molar-refractivity contribution in [3.05, 3.63) is 73.9 Å². The number of carbonyl (C=O) groups excluding carboxylic acids is 1. The van der Waals surface area contributed by atoms with Gasteiger partial charge in [-0.25, -0.2) is 4.85 Å². The quantitative estimate of drug-likeness (QED) is 0.0206. The standard InChI is InChI=1S/C53H77NO2S4/c1-7-11-15-19-23-27-31-42-37-41(5)57-50(42)47-34-35-48(59-47)51-44(33-29-25-21-17-13-9-3)39-49(60-51)52-43(32-28-24-20-16-12-8-2)38-45(58-52)40-46(54-6)53(55)56-36-30-26-22-18-14-10-4/h34-35,37-40H,7-33,36H2,1-5H3/b46-40-. The number of esters is 1. The Balaban J connectivity index is 1.62. The molecule has 0 spiro atoms. The maximum absolute atomic E-state index is 13.1. The highest BCUT2D eigenvalue weighted by Gasteiger charge is 2.21. The van der Waals surface area contributed by atoms with Crippen LogP contribution in [0.1, 0.15) is 208 Å². The van der Waals surface area contributed by atoms with Crippen LogP contribution in [0.15, 0.2) is 36.0 Å². The van der Waals surface area contributed by atoms with E-state index in [2.05, 4.69) is 69.8 Å². The minimum atomic E-state index is -0.491. The lowest BCUT2D eigenvalue weighted by Crippen LogP contribution is -2.06. The normalized spacial score (nSPS) is 11.8. The Morgan fingerprint density at radius 1 is 0.533 bits per heavy atom. The third-order valence-corrected chi connectivity index (χ3v) is 16.6. The molecule has 4 heterocycles. The molecule has 0 aromatic carbocycles. The lowest BCUT2D eigenvalue weighted by Gasteiger charge is -2.04. The van der Waals surface area contributed by atoms with Gasteiger partial charge >= 0.3 is 5.97 Å². The fourth-order valence-electron chi connectivity index (χ4n) is 8.07. The van der Waals surface area contributed by atoms with Crippen molar-refractivity contribution in [2.24, 2.45) is 0 Å². The van der Waals surface area contributed by atoms with Gasteiger partial charge in [-0.1, -0.05) is 156 Å². The van der Waals surface area contributed by atoms with Gasteiger partial charge in [-0.3, -0.25) is 4.79 Å². The van der Waals surface area contributed by atoms with E-state index in [1.165, 1.54) is 192 Å². The smallest absolute Gasteiger partial charge is 0.336 e. The second kappa shape index (κ2) is 29.7. The molecule has 0 radical (unpaired) electrons. The Morgan fingerprint density at radius 3 is 1.48 bits per heavy atom. The molecule has 60 heavy (non-hydrogen) atoms. The first-order valence-electron chi connectivity index (χ1n) is 24.1. The van der Waals surface area contributed by atoms with Crippen LogP contribution in [0, 0.1) is 13.5 Å². The summed E-state index contributed by atoms with van der Waals surface area (Å²) < 4.78 is 5.61. The minimum Gasteiger partial charge on any atom is -0.471 e. The monoisotopic (exact) mass is 887 g/mol. The van der Waals surface area contributed by atoms with Crippen molar-refractivity contribution in [1.82, 2.24) is 0 Å². The van der Waals surface area contributed by atoms with Crippen molar-refractivity contribution < 1.29 is 9.53 Å². The van der Waals surface area contributed by atoms with Gasteiger partial charge in [0.25, 0.3) is 5.70 Å². The summed E-state index contributed by atoms with van der Waals surface area (Å²) in [4.78, 5) is 27.5. The van der Waals surface area contributed by atoms with E-state index in [1.54, 1.807) is 17.4 Å². The SMILES string of the molecule is [C-]#[N+]/C(=C\c1cc(CCCCCCCC)c(-c2cc(CCCCCCCC)c(-c3ccc(-c4sc(C)cc4CCCCCCCC)s3)s2)s1)C(=O)OCCCCCCCC. The fraction of sp³-hybridized carbons (Fsp3) is 0.623. The van der Waals surface area contributed by atoms with E-state index in [1.807, 2.05) is 34.0 Å². The molecule has 4 aromatic heterocycles. The van der Waals surface area contributed by atoms with E-state index in [9.17, 15) is 4.79 Å². The molecule has 4 rings (SSSR count). The Kier molecular flexibility index (Phi) is 24.9. The van der Waals surface area contributed by atoms with Crippen LogP contribution in [0.25, 0.3) is 40.2 Å². The van der Waals surface area contributed by atoms with E-state index in [-0.39, 0.29) is 5.70 Å². The maximum atomic E-state index is 13.1. The first-order chi connectivity index (χ1) is 29.4. The van der Waals surface area contributed by atoms with Crippen molar-refractivity contribution in [2.75, 3.05) is 6.61 Å². The van der Waals surface area contributed by atoms with Crippen LogP contribution in [0.2, 0.25) is 0 Å². The number of aryl methyl sites for hydroxylation is 4. The van der Waals surface area contributed by atoms with Gasteiger partial charge in [0.15, 0.2) is 0 Å². The van der Waals surface area contributed by atoms with Gasteiger partial charge in [0.2, 0.25) is 0 Å². The van der Waals surface area contributed by atoms with Crippen LogP contribution in [0.3, 0.4) is 0 Å². The molecule has 3 nitrogen and oxygen atoms in total. The average molecular weight is 888 g/mol. The minimum absolute atomic E-state index is 0.0846. The van der Waals surface area contributed by atoms with E-state index < -0.39 is 5.97 Å². The van der Waals surface area contributed by atoms with Gasteiger partial charge in [-0.05, 0) is 105 Å². The first-order valence-corrected chi connectivity index (χ1v) is 27.4. The van der Waals surface area contributed by atoms with Crippen LogP contribution in [0.4, 0.5) is 0 Å². The Labute approximate surface area is 382 Å².